The van der Waals surface area contributed by atoms with Crippen molar-refractivity contribution in [1.82, 2.24) is 15.3 Å². The van der Waals surface area contributed by atoms with Crippen LogP contribution in [0.2, 0.25) is 0 Å². The lowest BCUT2D eigenvalue weighted by atomic mass is 10.2. The zero-order valence-corrected chi connectivity index (χ0v) is 9.00. The lowest BCUT2D eigenvalue weighted by Crippen LogP contribution is -2.24. The van der Waals surface area contributed by atoms with Crippen molar-refractivity contribution >= 4 is 17.2 Å². The Labute approximate surface area is 95.2 Å². The minimum absolute atomic E-state index is 0.0577. The predicted octanol–water partition coefficient (Wildman–Crippen LogP) is 1.61. The van der Waals surface area contributed by atoms with Gasteiger partial charge in [-0.3, -0.25) is 4.79 Å². The quantitative estimate of drug-likeness (QED) is 0.825. The van der Waals surface area contributed by atoms with Crippen molar-refractivity contribution in [3.8, 4) is 0 Å². The lowest BCUT2D eigenvalue weighted by molar-refractivity contribution is 0.0945. The van der Waals surface area contributed by atoms with Crippen molar-refractivity contribution in [3.63, 3.8) is 0 Å². The van der Waals surface area contributed by atoms with Gasteiger partial charge in [0.05, 0.1) is 23.3 Å². The second-order valence-electron chi connectivity index (χ2n) is 3.00. The van der Waals surface area contributed by atoms with E-state index in [0.717, 1.165) is 5.69 Å². The van der Waals surface area contributed by atoms with Gasteiger partial charge < -0.3 is 5.32 Å². The number of carbonyl (C=O) groups excluding carboxylic acids is 1. The first-order valence-corrected chi connectivity index (χ1v) is 5.47. The summed E-state index contributed by atoms with van der Waals surface area (Å²) in [7, 11) is 0. The number of rotatable bonds is 3. The smallest absolute Gasteiger partial charge is 0.256 e. The summed E-state index contributed by atoms with van der Waals surface area (Å²) in [5.41, 5.74) is 2.37. The molecule has 2 aromatic heterocycles. The highest BCUT2D eigenvalue weighted by atomic mass is 32.1. The maximum absolute atomic E-state index is 13.1. The average Bonchev–Trinajstić information content (AvgIpc) is 2.79. The van der Waals surface area contributed by atoms with E-state index in [1.165, 1.54) is 29.7 Å². The number of nitrogens with zero attached hydrogens (tertiary/aromatic N) is 2. The fourth-order valence-electron chi connectivity index (χ4n) is 1.15. The summed E-state index contributed by atoms with van der Waals surface area (Å²) in [4.78, 5) is 18.9. The molecule has 2 aromatic rings. The number of halogens is 1. The van der Waals surface area contributed by atoms with Crippen LogP contribution in [-0.4, -0.2) is 15.9 Å². The molecule has 0 spiro atoms. The van der Waals surface area contributed by atoms with E-state index >= 15 is 0 Å². The third-order valence-corrected chi connectivity index (χ3v) is 2.55. The number of hydrogen-bond acceptors (Lipinski definition) is 4. The summed E-state index contributed by atoms with van der Waals surface area (Å²) in [6, 6.07) is 2.90. The minimum Gasteiger partial charge on any atom is -0.346 e. The molecule has 0 unspecified atom stereocenters. The lowest BCUT2D eigenvalue weighted by Gasteiger charge is -2.03. The van der Waals surface area contributed by atoms with E-state index in [1.807, 2.05) is 5.38 Å². The standard InChI is InChI=1S/C10H8FN3OS/c11-9-8(2-1-3-12-9)10(15)13-4-7-5-16-6-14-7/h1-3,5-6H,4H2,(H,13,15). The topological polar surface area (TPSA) is 54.9 Å². The van der Waals surface area contributed by atoms with Crippen molar-refractivity contribution in [3.05, 3.63) is 46.4 Å². The van der Waals surface area contributed by atoms with Gasteiger partial charge in [0.1, 0.15) is 0 Å². The van der Waals surface area contributed by atoms with Gasteiger partial charge in [-0.1, -0.05) is 0 Å². The highest BCUT2D eigenvalue weighted by molar-refractivity contribution is 7.07. The van der Waals surface area contributed by atoms with Crippen molar-refractivity contribution in [1.29, 1.82) is 0 Å². The normalized spacial score (nSPS) is 10.1. The van der Waals surface area contributed by atoms with E-state index in [1.54, 1.807) is 5.51 Å². The molecule has 6 heteroatoms. The number of nitrogens with one attached hydrogen (secondary N) is 1. The summed E-state index contributed by atoms with van der Waals surface area (Å²) < 4.78 is 13.1. The Morgan fingerprint density at radius 1 is 1.50 bits per heavy atom. The predicted molar refractivity (Wildman–Crippen MR) is 57.5 cm³/mol. The van der Waals surface area contributed by atoms with Crippen LogP contribution >= 0.6 is 11.3 Å². The van der Waals surface area contributed by atoms with E-state index in [-0.39, 0.29) is 12.1 Å². The van der Waals surface area contributed by atoms with Crippen LogP contribution in [-0.2, 0) is 6.54 Å². The van der Waals surface area contributed by atoms with Crippen LogP contribution in [0.5, 0.6) is 0 Å². The van der Waals surface area contributed by atoms with Gasteiger partial charge in [-0.05, 0) is 12.1 Å². The molecular formula is C10H8FN3OS. The first-order chi connectivity index (χ1) is 7.77. The molecule has 0 aliphatic rings. The van der Waals surface area contributed by atoms with E-state index in [0.29, 0.717) is 0 Å². The Morgan fingerprint density at radius 2 is 2.38 bits per heavy atom. The average molecular weight is 237 g/mol. The van der Waals surface area contributed by atoms with Gasteiger partial charge in [-0.25, -0.2) is 9.97 Å². The first-order valence-electron chi connectivity index (χ1n) is 4.53. The molecule has 16 heavy (non-hydrogen) atoms. The molecule has 82 valence electrons. The first kappa shape index (κ1) is 10.7. The largest absolute Gasteiger partial charge is 0.346 e. The fraction of sp³-hybridized carbons (Fsp3) is 0.100. The molecule has 0 aliphatic heterocycles. The molecule has 2 heterocycles. The molecule has 0 radical (unpaired) electrons. The van der Waals surface area contributed by atoms with Crippen LogP contribution in [0, 0.1) is 5.95 Å². The Kier molecular flexibility index (Phi) is 3.21. The molecule has 4 nitrogen and oxygen atoms in total. The molecule has 0 fully saturated rings. The van der Waals surface area contributed by atoms with Gasteiger partial charge in [0, 0.05) is 11.6 Å². The Hall–Kier alpha value is -1.82. The van der Waals surface area contributed by atoms with E-state index in [9.17, 15) is 9.18 Å². The zero-order valence-electron chi connectivity index (χ0n) is 8.18. The molecule has 1 N–H and O–H groups in total. The van der Waals surface area contributed by atoms with Crippen molar-refractivity contribution in [2.45, 2.75) is 6.54 Å². The van der Waals surface area contributed by atoms with Crippen LogP contribution in [0.4, 0.5) is 4.39 Å². The van der Waals surface area contributed by atoms with E-state index in [4.69, 9.17) is 0 Å². The monoisotopic (exact) mass is 237 g/mol. The van der Waals surface area contributed by atoms with Gasteiger partial charge >= 0.3 is 0 Å². The maximum atomic E-state index is 13.1. The summed E-state index contributed by atoms with van der Waals surface area (Å²) in [5.74, 6) is -1.25. The second-order valence-corrected chi connectivity index (χ2v) is 3.72. The number of aromatic nitrogens is 2. The molecule has 0 aromatic carbocycles. The molecule has 0 bridgehead atoms. The fourth-order valence-corrected chi connectivity index (χ4v) is 1.70. The molecule has 0 saturated carbocycles. The number of carbonyl (C=O) groups is 1. The minimum atomic E-state index is -0.765. The summed E-state index contributed by atoms with van der Waals surface area (Å²) in [6.45, 7) is 0.288. The second kappa shape index (κ2) is 4.80. The Balaban J connectivity index is 2.01. The summed E-state index contributed by atoms with van der Waals surface area (Å²) >= 11 is 1.44. The number of amides is 1. The van der Waals surface area contributed by atoms with Crippen LogP contribution in [0.25, 0.3) is 0 Å². The van der Waals surface area contributed by atoms with Crippen LogP contribution in [0.15, 0.2) is 29.2 Å². The van der Waals surface area contributed by atoms with Gasteiger partial charge in [0.2, 0.25) is 5.95 Å². The van der Waals surface area contributed by atoms with Gasteiger partial charge in [-0.2, -0.15) is 4.39 Å². The van der Waals surface area contributed by atoms with Crippen LogP contribution in [0.3, 0.4) is 0 Å². The van der Waals surface area contributed by atoms with E-state index in [2.05, 4.69) is 15.3 Å². The molecular weight excluding hydrogens is 229 g/mol. The number of hydrogen-bond donors (Lipinski definition) is 1. The summed E-state index contributed by atoms with van der Waals surface area (Å²) in [5, 5.41) is 4.39. The molecule has 0 atom stereocenters. The number of pyridine rings is 1. The van der Waals surface area contributed by atoms with E-state index < -0.39 is 11.9 Å². The highest BCUT2D eigenvalue weighted by Gasteiger charge is 2.11. The third kappa shape index (κ3) is 2.40. The van der Waals surface area contributed by atoms with Gasteiger partial charge in [0.25, 0.3) is 5.91 Å². The Morgan fingerprint density at radius 3 is 3.06 bits per heavy atom. The molecule has 2 rings (SSSR count). The summed E-state index contributed by atoms with van der Waals surface area (Å²) in [6.07, 6.45) is 1.30. The third-order valence-electron chi connectivity index (χ3n) is 1.92. The molecule has 1 amide bonds. The number of thiazole rings is 1. The van der Waals surface area contributed by atoms with Crippen LogP contribution in [0.1, 0.15) is 16.1 Å². The van der Waals surface area contributed by atoms with Crippen molar-refractivity contribution in [2.24, 2.45) is 0 Å². The van der Waals surface area contributed by atoms with Gasteiger partial charge in [-0.15, -0.1) is 11.3 Å². The zero-order chi connectivity index (χ0) is 11.4. The van der Waals surface area contributed by atoms with Crippen molar-refractivity contribution < 1.29 is 9.18 Å². The maximum Gasteiger partial charge on any atom is 0.256 e. The molecule has 0 aliphatic carbocycles. The highest BCUT2D eigenvalue weighted by Crippen LogP contribution is 2.04. The molecule has 0 saturated heterocycles. The SMILES string of the molecule is O=C(NCc1cscn1)c1cccnc1F. The Bertz CT molecular complexity index is 487. The van der Waals surface area contributed by atoms with Gasteiger partial charge in [0.15, 0.2) is 0 Å². The van der Waals surface area contributed by atoms with Crippen molar-refractivity contribution in [2.75, 3.05) is 0 Å². The van der Waals surface area contributed by atoms with Crippen LogP contribution < -0.4 is 5.32 Å².